The predicted molar refractivity (Wildman–Crippen MR) is 100 cm³/mol. The normalized spacial score (nSPS) is 32.8. The standard InChI is InChI=1S/2C10H21NO/c1-8-6-9(2,3)11(12)10(4,5)7-8;1-8-6-7-9(2,3)11(12)10(8,4)5/h2*8,12H,6-7H2,1-5H3. The maximum Gasteiger partial charge on any atom is 0.0435 e. The van der Waals surface area contributed by atoms with Gasteiger partial charge in [-0.2, -0.15) is 10.1 Å². The topological polar surface area (TPSA) is 46.9 Å². The van der Waals surface area contributed by atoms with E-state index in [2.05, 4.69) is 69.2 Å². The van der Waals surface area contributed by atoms with E-state index in [1.165, 1.54) is 16.5 Å². The molecule has 0 aliphatic carbocycles. The van der Waals surface area contributed by atoms with Gasteiger partial charge in [0.05, 0.1) is 0 Å². The van der Waals surface area contributed by atoms with Crippen molar-refractivity contribution < 1.29 is 10.4 Å². The van der Waals surface area contributed by atoms with E-state index in [0.717, 1.165) is 19.3 Å². The van der Waals surface area contributed by atoms with Crippen LogP contribution in [0.2, 0.25) is 0 Å². The monoisotopic (exact) mass is 342 g/mol. The number of hydroxylamine groups is 4. The van der Waals surface area contributed by atoms with Crippen molar-refractivity contribution in [2.24, 2.45) is 11.8 Å². The molecule has 4 nitrogen and oxygen atoms in total. The molecule has 0 bridgehead atoms. The quantitative estimate of drug-likeness (QED) is 0.624. The van der Waals surface area contributed by atoms with Gasteiger partial charge in [0.2, 0.25) is 0 Å². The van der Waals surface area contributed by atoms with Crippen molar-refractivity contribution >= 4 is 0 Å². The van der Waals surface area contributed by atoms with E-state index in [0.29, 0.717) is 11.8 Å². The Kier molecular flexibility index (Phi) is 6.26. The number of rotatable bonds is 0. The average Bonchev–Trinajstić information content (AvgIpc) is 2.39. The first kappa shape index (κ1) is 21.9. The third-order valence-corrected chi connectivity index (χ3v) is 6.36. The minimum Gasteiger partial charge on any atom is -0.313 e. The zero-order chi connectivity index (χ0) is 19.1. The molecule has 2 fully saturated rings. The Balaban J connectivity index is 0.000000240. The smallest absolute Gasteiger partial charge is 0.0435 e. The Bertz CT molecular complexity index is 411. The van der Waals surface area contributed by atoms with Crippen molar-refractivity contribution in [3.05, 3.63) is 0 Å². The third-order valence-electron chi connectivity index (χ3n) is 6.36. The molecule has 0 radical (unpaired) electrons. The summed E-state index contributed by atoms with van der Waals surface area (Å²) in [5, 5.41) is 22.9. The minimum absolute atomic E-state index is 0.0595. The van der Waals surface area contributed by atoms with Crippen LogP contribution in [0.3, 0.4) is 0 Å². The van der Waals surface area contributed by atoms with Crippen molar-refractivity contribution in [2.75, 3.05) is 0 Å². The van der Waals surface area contributed by atoms with Gasteiger partial charge < -0.3 is 10.4 Å². The average molecular weight is 343 g/mol. The third kappa shape index (κ3) is 4.51. The van der Waals surface area contributed by atoms with Crippen LogP contribution in [0.15, 0.2) is 0 Å². The van der Waals surface area contributed by atoms with E-state index in [-0.39, 0.29) is 22.2 Å². The van der Waals surface area contributed by atoms with Crippen LogP contribution in [-0.4, -0.2) is 42.7 Å². The fraction of sp³-hybridized carbons (Fsp3) is 1.00. The number of hydrogen-bond donors (Lipinski definition) is 2. The highest BCUT2D eigenvalue weighted by Gasteiger charge is 2.45. The molecule has 1 unspecified atom stereocenters. The zero-order valence-electron chi connectivity index (χ0n) is 17.8. The summed E-state index contributed by atoms with van der Waals surface area (Å²) in [4.78, 5) is 0. The maximum atomic E-state index is 9.97. The van der Waals surface area contributed by atoms with Gasteiger partial charge in [0.15, 0.2) is 0 Å². The molecule has 0 saturated carbocycles. The lowest BCUT2D eigenvalue weighted by atomic mass is 9.75. The van der Waals surface area contributed by atoms with E-state index >= 15 is 0 Å². The first-order valence-electron chi connectivity index (χ1n) is 9.52. The van der Waals surface area contributed by atoms with Crippen LogP contribution in [0.1, 0.15) is 94.9 Å². The number of hydrogen-bond acceptors (Lipinski definition) is 4. The van der Waals surface area contributed by atoms with E-state index in [1.807, 2.05) is 0 Å². The van der Waals surface area contributed by atoms with Crippen LogP contribution < -0.4 is 0 Å². The first-order valence-corrected chi connectivity index (χ1v) is 9.52. The summed E-state index contributed by atoms with van der Waals surface area (Å²) in [5.41, 5.74) is -0.278. The van der Waals surface area contributed by atoms with Gasteiger partial charge in [-0.3, -0.25) is 0 Å². The molecule has 1 atom stereocenters. The Morgan fingerprint density at radius 3 is 1.50 bits per heavy atom. The van der Waals surface area contributed by atoms with Gasteiger partial charge in [-0.1, -0.05) is 13.8 Å². The maximum absolute atomic E-state index is 9.97. The van der Waals surface area contributed by atoms with Gasteiger partial charge in [-0.25, -0.2) is 0 Å². The Hall–Kier alpha value is -0.160. The van der Waals surface area contributed by atoms with Crippen LogP contribution in [0.5, 0.6) is 0 Å². The van der Waals surface area contributed by atoms with Crippen molar-refractivity contribution in [1.29, 1.82) is 0 Å². The molecule has 144 valence electrons. The molecule has 2 N–H and O–H groups in total. The molecule has 0 spiro atoms. The summed E-state index contributed by atoms with van der Waals surface area (Å²) >= 11 is 0. The van der Waals surface area contributed by atoms with Crippen molar-refractivity contribution in [3.8, 4) is 0 Å². The molecule has 2 aliphatic rings. The summed E-state index contributed by atoms with van der Waals surface area (Å²) in [6.45, 7) is 21.3. The number of nitrogens with zero attached hydrogens (tertiary/aromatic N) is 2. The van der Waals surface area contributed by atoms with Crippen LogP contribution in [0.4, 0.5) is 0 Å². The molecule has 0 aromatic heterocycles. The lowest BCUT2D eigenvalue weighted by Gasteiger charge is -2.52. The van der Waals surface area contributed by atoms with Gasteiger partial charge in [0.1, 0.15) is 0 Å². The highest BCUT2D eigenvalue weighted by molar-refractivity contribution is 4.96. The molecule has 0 aromatic carbocycles. The predicted octanol–water partition coefficient (Wildman–Crippen LogP) is 5.33. The minimum atomic E-state index is -0.0816. The van der Waals surface area contributed by atoms with E-state index in [1.54, 1.807) is 0 Å². The second kappa shape index (κ2) is 6.86. The highest BCUT2D eigenvalue weighted by atomic mass is 16.5. The lowest BCUT2D eigenvalue weighted by Crippen LogP contribution is -2.60. The SMILES string of the molecule is CC1CC(C)(C)N(O)C(C)(C)C1.CC1CCC(C)(C)N(O)C1(C)C. The summed E-state index contributed by atoms with van der Waals surface area (Å²) < 4.78 is 0. The first-order chi connectivity index (χ1) is 10.5. The van der Waals surface area contributed by atoms with Crippen molar-refractivity contribution in [1.82, 2.24) is 10.1 Å². The molecule has 0 aromatic rings. The fourth-order valence-corrected chi connectivity index (χ4v) is 4.79. The molecule has 0 amide bonds. The van der Waals surface area contributed by atoms with Gasteiger partial charge in [0, 0.05) is 22.2 Å². The van der Waals surface area contributed by atoms with Crippen molar-refractivity contribution in [3.63, 3.8) is 0 Å². The highest BCUT2D eigenvalue weighted by Crippen LogP contribution is 2.40. The summed E-state index contributed by atoms with van der Waals surface area (Å²) in [5.74, 6) is 1.27. The van der Waals surface area contributed by atoms with Crippen LogP contribution in [0, 0.1) is 11.8 Å². The van der Waals surface area contributed by atoms with Gasteiger partial charge in [-0.05, 0) is 92.9 Å². The summed E-state index contributed by atoms with van der Waals surface area (Å²) in [6, 6.07) is 0. The van der Waals surface area contributed by atoms with Gasteiger partial charge >= 0.3 is 0 Å². The van der Waals surface area contributed by atoms with Crippen LogP contribution in [0.25, 0.3) is 0 Å². The second-order valence-electron chi connectivity index (χ2n) is 10.7. The Morgan fingerprint density at radius 2 is 1.12 bits per heavy atom. The van der Waals surface area contributed by atoms with Crippen LogP contribution >= 0.6 is 0 Å². The molecule has 2 rings (SSSR count). The molecule has 2 heterocycles. The summed E-state index contributed by atoms with van der Waals surface area (Å²) in [7, 11) is 0. The Labute approximate surface area is 150 Å². The molecular formula is C20H42N2O2. The lowest BCUT2D eigenvalue weighted by molar-refractivity contribution is -0.256. The molecule has 2 aliphatic heterocycles. The zero-order valence-corrected chi connectivity index (χ0v) is 17.8. The second-order valence-corrected chi connectivity index (χ2v) is 10.7. The van der Waals surface area contributed by atoms with E-state index in [4.69, 9.17) is 0 Å². The molecule has 2 saturated heterocycles. The molecular weight excluding hydrogens is 300 g/mol. The number of piperidine rings is 2. The van der Waals surface area contributed by atoms with E-state index < -0.39 is 0 Å². The molecule has 4 heteroatoms. The summed E-state index contributed by atoms with van der Waals surface area (Å²) in [6.07, 6.45) is 4.44. The fourth-order valence-electron chi connectivity index (χ4n) is 4.79. The molecule has 24 heavy (non-hydrogen) atoms. The van der Waals surface area contributed by atoms with Crippen LogP contribution in [-0.2, 0) is 0 Å². The van der Waals surface area contributed by atoms with Gasteiger partial charge in [0.25, 0.3) is 0 Å². The Morgan fingerprint density at radius 1 is 0.708 bits per heavy atom. The van der Waals surface area contributed by atoms with Crippen molar-refractivity contribution in [2.45, 2.75) is 117 Å². The van der Waals surface area contributed by atoms with E-state index in [9.17, 15) is 10.4 Å². The largest absolute Gasteiger partial charge is 0.313 e. The van der Waals surface area contributed by atoms with Gasteiger partial charge in [-0.15, -0.1) is 0 Å².